The quantitative estimate of drug-likeness (QED) is 0.501. The van der Waals surface area contributed by atoms with Crippen molar-refractivity contribution in [3.8, 4) is 5.75 Å². The van der Waals surface area contributed by atoms with Gasteiger partial charge >= 0.3 is 5.97 Å². The summed E-state index contributed by atoms with van der Waals surface area (Å²) < 4.78 is 5.39. The van der Waals surface area contributed by atoms with E-state index in [0.29, 0.717) is 23.5 Å². The van der Waals surface area contributed by atoms with Crippen LogP contribution in [0.1, 0.15) is 35.4 Å². The van der Waals surface area contributed by atoms with Crippen LogP contribution in [-0.4, -0.2) is 5.97 Å². The molecule has 3 unspecified atom stereocenters. The molecule has 0 N–H and O–H groups in total. The zero-order valence-corrected chi connectivity index (χ0v) is 13.5. The fourth-order valence-electron chi connectivity index (χ4n) is 4.59. The van der Waals surface area contributed by atoms with Crippen LogP contribution in [0.25, 0.3) is 10.8 Å². The van der Waals surface area contributed by atoms with Crippen LogP contribution in [0, 0.1) is 5.92 Å². The van der Waals surface area contributed by atoms with E-state index in [1.807, 2.05) is 12.1 Å². The lowest BCUT2D eigenvalue weighted by molar-refractivity contribution is -0.131. The number of esters is 1. The van der Waals surface area contributed by atoms with Crippen LogP contribution in [0.5, 0.6) is 5.75 Å². The topological polar surface area (TPSA) is 26.3 Å². The highest BCUT2D eigenvalue weighted by atomic mass is 16.5. The highest BCUT2D eigenvalue weighted by Crippen LogP contribution is 2.67. The summed E-state index contributed by atoms with van der Waals surface area (Å²) in [4.78, 5) is 11.4. The average Bonchev–Trinajstić information content (AvgIpc) is 3.15. The lowest BCUT2D eigenvalue weighted by Crippen LogP contribution is -2.02. The van der Waals surface area contributed by atoms with Gasteiger partial charge in [-0.25, -0.2) is 0 Å². The van der Waals surface area contributed by atoms with Gasteiger partial charge in [-0.05, 0) is 63.8 Å². The Balaban J connectivity index is 1.62. The maximum Gasteiger partial charge on any atom is 0.308 e. The van der Waals surface area contributed by atoms with Gasteiger partial charge in [0.1, 0.15) is 5.75 Å². The molecule has 118 valence electrons. The van der Waals surface area contributed by atoms with E-state index in [1.54, 1.807) is 0 Å². The van der Waals surface area contributed by atoms with E-state index in [4.69, 9.17) is 4.74 Å². The van der Waals surface area contributed by atoms with Crippen LogP contribution < -0.4 is 4.74 Å². The Bertz CT molecular complexity index is 973. The molecule has 0 radical (unpaired) electrons. The van der Waals surface area contributed by atoms with Gasteiger partial charge in [0.25, 0.3) is 0 Å². The molecular formula is C22H18O2. The predicted molar refractivity (Wildman–Crippen MR) is 94.4 cm³/mol. The third-order valence-corrected chi connectivity index (χ3v) is 5.53. The van der Waals surface area contributed by atoms with Crippen molar-refractivity contribution in [3.05, 3.63) is 77.4 Å². The summed E-state index contributed by atoms with van der Waals surface area (Å²) in [6.07, 6.45) is 1.16. The Morgan fingerprint density at radius 2 is 1.71 bits per heavy atom. The summed E-state index contributed by atoms with van der Waals surface area (Å²) in [6.45, 7) is 1.46. The largest absolute Gasteiger partial charge is 0.427 e. The smallest absolute Gasteiger partial charge is 0.308 e. The number of fused-ring (bicyclic) bond motifs is 4. The van der Waals surface area contributed by atoms with Gasteiger partial charge in [0, 0.05) is 6.92 Å². The van der Waals surface area contributed by atoms with E-state index in [2.05, 4.69) is 48.5 Å². The monoisotopic (exact) mass is 314 g/mol. The van der Waals surface area contributed by atoms with Gasteiger partial charge in [0.05, 0.1) is 0 Å². The predicted octanol–water partition coefficient (Wildman–Crippen LogP) is 4.82. The van der Waals surface area contributed by atoms with Crippen LogP contribution in [0.3, 0.4) is 0 Å². The number of ether oxygens (including phenoxy) is 1. The fraction of sp³-hybridized carbons (Fsp3) is 0.227. The molecule has 2 heteroatoms. The fourth-order valence-corrected chi connectivity index (χ4v) is 4.59. The Kier molecular flexibility index (Phi) is 2.84. The summed E-state index contributed by atoms with van der Waals surface area (Å²) in [5.74, 6) is 2.25. The van der Waals surface area contributed by atoms with Crippen molar-refractivity contribution in [3.63, 3.8) is 0 Å². The first-order chi connectivity index (χ1) is 11.7. The minimum absolute atomic E-state index is 0.266. The van der Waals surface area contributed by atoms with Crippen molar-refractivity contribution in [1.82, 2.24) is 0 Å². The number of carbonyl (C=O) groups is 1. The van der Waals surface area contributed by atoms with E-state index in [0.717, 1.165) is 11.8 Å². The number of carbonyl (C=O) groups excluding carboxylic acids is 1. The molecular weight excluding hydrogens is 296 g/mol. The molecule has 2 aliphatic carbocycles. The molecule has 2 nitrogen and oxygen atoms in total. The zero-order chi connectivity index (χ0) is 16.3. The Morgan fingerprint density at radius 3 is 2.58 bits per heavy atom. The maximum atomic E-state index is 11.4. The molecule has 0 aromatic heterocycles. The van der Waals surface area contributed by atoms with Crippen LogP contribution in [0.2, 0.25) is 0 Å². The minimum Gasteiger partial charge on any atom is -0.427 e. The third-order valence-electron chi connectivity index (χ3n) is 5.53. The number of hydrogen-bond donors (Lipinski definition) is 0. The van der Waals surface area contributed by atoms with Gasteiger partial charge in [-0.3, -0.25) is 4.79 Å². The van der Waals surface area contributed by atoms with E-state index >= 15 is 0 Å². The van der Waals surface area contributed by atoms with Crippen molar-refractivity contribution < 1.29 is 9.53 Å². The molecule has 1 saturated carbocycles. The second kappa shape index (κ2) is 4.94. The molecule has 0 amide bonds. The van der Waals surface area contributed by atoms with E-state index in [-0.39, 0.29) is 5.97 Å². The van der Waals surface area contributed by atoms with Gasteiger partial charge < -0.3 is 4.74 Å². The van der Waals surface area contributed by atoms with Crippen LogP contribution in [-0.2, 0) is 11.2 Å². The lowest BCUT2D eigenvalue weighted by atomic mass is 9.94. The van der Waals surface area contributed by atoms with Gasteiger partial charge in [-0.1, -0.05) is 48.5 Å². The number of hydrogen-bond acceptors (Lipinski definition) is 2. The van der Waals surface area contributed by atoms with Gasteiger partial charge in [0.2, 0.25) is 0 Å². The first-order valence-electron chi connectivity index (χ1n) is 8.51. The summed E-state index contributed by atoms with van der Waals surface area (Å²) in [5, 5.41) is 2.43. The molecule has 2 aliphatic rings. The zero-order valence-electron chi connectivity index (χ0n) is 13.5. The molecule has 1 fully saturated rings. The highest BCUT2D eigenvalue weighted by molar-refractivity contribution is 5.89. The first-order valence-corrected chi connectivity index (χ1v) is 8.51. The maximum absolute atomic E-state index is 11.4. The molecule has 3 aromatic carbocycles. The summed E-state index contributed by atoms with van der Waals surface area (Å²) in [5.41, 5.74) is 4.34. The van der Waals surface area contributed by atoms with Crippen LogP contribution in [0.4, 0.5) is 0 Å². The normalized spacial score (nSPS) is 23.6. The first kappa shape index (κ1) is 13.8. The molecule has 24 heavy (non-hydrogen) atoms. The van der Waals surface area contributed by atoms with Crippen molar-refractivity contribution in [2.24, 2.45) is 5.92 Å². The molecule has 0 saturated heterocycles. The Hall–Kier alpha value is -2.61. The molecule has 5 rings (SSSR count). The van der Waals surface area contributed by atoms with E-state index < -0.39 is 0 Å². The van der Waals surface area contributed by atoms with Gasteiger partial charge in [-0.15, -0.1) is 0 Å². The van der Waals surface area contributed by atoms with E-state index in [1.165, 1.54) is 29.0 Å². The van der Waals surface area contributed by atoms with Crippen LogP contribution in [0.15, 0.2) is 60.7 Å². The second-order valence-electron chi connectivity index (χ2n) is 6.95. The minimum atomic E-state index is -0.266. The van der Waals surface area contributed by atoms with Crippen molar-refractivity contribution >= 4 is 16.7 Å². The van der Waals surface area contributed by atoms with Crippen molar-refractivity contribution in [2.75, 3.05) is 0 Å². The van der Waals surface area contributed by atoms with Crippen molar-refractivity contribution in [1.29, 1.82) is 0 Å². The molecule has 0 heterocycles. The summed E-state index contributed by atoms with van der Waals surface area (Å²) in [6, 6.07) is 21.3. The van der Waals surface area contributed by atoms with Gasteiger partial charge in [-0.2, -0.15) is 0 Å². The Labute approximate surface area is 141 Å². The third kappa shape index (κ3) is 1.99. The molecule has 0 aliphatic heterocycles. The summed E-state index contributed by atoms with van der Waals surface area (Å²) in [7, 11) is 0. The number of benzene rings is 3. The van der Waals surface area contributed by atoms with Crippen LogP contribution >= 0.6 is 0 Å². The van der Waals surface area contributed by atoms with Gasteiger partial charge in [0.15, 0.2) is 0 Å². The molecule has 3 aromatic rings. The molecule has 0 spiro atoms. The average molecular weight is 314 g/mol. The van der Waals surface area contributed by atoms with E-state index in [9.17, 15) is 4.79 Å². The summed E-state index contributed by atoms with van der Waals surface area (Å²) >= 11 is 0. The standard InChI is InChI=1S/C22H18O2/c1-13(23)24-16-10-14-6-2-4-8-17(14)19(12-16)22-20-11-15-7-3-5-9-18(15)21(20)22/h2-10,12,20-22H,11H2,1H3. The lowest BCUT2D eigenvalue weighted by Gasteiger charge is -2.13. The van der Waals surface area contributed by atoms with Crippen molar-refractivity contribution in [2.45, 2.75) is 25.2 Å². The highest BCUT2D eigenvalue weighted by Gasteiger charge is 2.56. The molecule has 0 bridgehead atoms. The molecule has 3 atom stereocenters. The number of rotatable bonds is 2. The Morgan fingerprint density at radius 1 is 0.958 bits per heavy atom. The second-order valence-corrected chi connectivity index (χ2v) is 6.95. The SMILES string of the molecule is CC(=O)Oc1cc(C2C3Cc4ccccc4C32)c2ccccc2c1.